The Labute approximate surface area is 156 Å². The molecule has 1 saturated carbocycles. The van der Waals surface area contributed by atoms with Crippen molar-refractivity contribution in [2.75, 3.05) is 11.9 Å². The lowest BCUT2D eigenvalue weighted by atomic mass is 9.63. The minimum Gasteiger partial charge on any atom is -0.404 e. The third-order valence-electron chi connectivity index (χ3n) is 4.62. The van der Waals surface area contributed by atoms with Gasteiger partial charge in [-0.15, -0.1) is 13.2 Å². The first kappa shape index (κ1) is 21.8. The Kier molecular flexibility index (Phi) is 5.76. The van der Waals surface area contributed by atoms with Crippen LogP contribution >= 0.6 is 0 Å². The molecule has 1 aromatic rings. The van der Waals surface area contributed by atoms with E-state index in [1.54, 1.807) is 0 Å². The van der Waals surface area contributed by atoms with Gasteiger partial charge in [-0.25, -0.2) is 13.6 Å². The van der Waals surface area contributed by atoms with Gasteiger partial charge in [0.1, 0.15) is 4.90 Å². The second-order valence-corrected chi connectivity index (χ2v) is 9.85. The van der Waals surface area contributed by atoms with Crippen LogP contribution in [0.1, 0.15) is 40.0 Å². The van der Waals surface area contributed by atoms with Gasteiger partial charge in [-0.1, -0.05) is 20.8 Å². The number of halogens is 3. The normalized spacial score (nSPS) is 25.9. The van der Waals surface area contributed by atoms with Crippen LogP contribution in [-0.2, 0) is 10.0 Å². The highest BCUT2D eigenvalue weighted by atomic mass is 32.2. The number of rotatable bonds is 5. The van der Waals surface area contributed by atoms with Gasteiger partial charge in [0.25, 0.3) is 0 Å². The number of aliphatic hydroxyl groups excluding tert-OH is 1. The Morgan fingerprint density at radius 3 is 2.44 bits per heavy atom. The van der Waals surface area contributed by atoms with E-state index in [2.05, 4.69) is 23.9 Å². The lowest BCUT2D eigenvalue weighted by Gasteiger charge is -2.45. The van der Waals surface area contributed by atoms with Crippen LogP contribution in [0.4, 0.5) is 18.9 Å². The molecule has 0 heterocycles. The maximum atomic E-state index is 12.6. The van der Waals surface area contributed by atoms with Crippen LogP contribution in [-0.4, -0.2) is 32.5 Å². The lowest BCUT2D eigenvalue weighted by molar-refractivity contribution is -0.275. The molecule has 1 fully saturated rings. The fourth-order valence-electron chi connectivity index (χ4n) is 4.09. The summed E-state index contributed by atoms with van der Waals surface area (Å²) in [5, 5.41) is 18.1. The smallest absolute Gasteiger partial charge is 0.404 e. The topological polar surface area (TPSA) is 102 Å². The average Bonchev–Trinajstić information content (AvgIpc) is 2.39. The van der Waals surface area contributed by atoms with E-state index in [9.17, 15) is 26.7 Å². The largest absolute Gasteiger partial charge is 0.573 e. The average molecular weight is 410 g/mol. The molecule has 0 aliphatic heterocycles. The number of anilines is 1. The maximum absolute atomic E-state index is 12.6. The van der Waals surface area contributed by atoms with Gasteiger partial charge in [0.05, 0.1) is 6.10 Å². The summed E-state index contributed by atoms with van der Waals surface area (Å²) >= 11 is 0. The first-order valence-corrected chi connectivity index (χ1v) is 9.98. The molecule has 0 radical (unpaired) electrons. The highest BCUT2D eigenvalue weighted by Crippen LogP contribution is 2.46. The predicted molar refractivity (Wildman–Crippen MR) is 94.7 cm³/mol. The van der Waals surface area contributed by atoms with Crippen molar-refractivity contribution in [1.29, 1.82) is 0 Å². The highest BCUT2D eigenvalue weighted by Gasteiger charge is 2.40. The number of nitrogens with one attached hydrogen (secondary N) is 1. The number of hydrogen-bond acceptors (Lipinski definition) is 5. The highest BCUT2D eigenvalue weighted by molar-refractivity contribution is 7.89. The van der Waals surface area contributed by atoms with Gasteiger partial charge >= 0.3 is 6.36 Å². The molecule has 4 N–H and O–H groups in total. The molecular weight excluding hydrogens is 385 g/mol. The van der Waals surface area contributed by atoms with Crippen LogP contribution in [0.3, 0.4) is 0 Å². The molecule has 2 atom stereocenters. The first-order chi connectivity index (χ1) is 12.1. The molecule has 0 spiro atoms. The SMILES string of the molecule is CC1(C)CC(O)CC(C)(CNc2ccc(S(N)(=O)=O)c(OC(F)(F)F)c2)C1. The summed E-state index contributed by atoms with van der Waals surface area (Å²) in [6, 6.07) is 3.26. The molecule has 0 aromatic heterocycles. The molecule has 0 saturated heterocycles. The van der Waals surface area contributed by atoms with Crippen molar-refractivity contribution in [1.82, 2.24) is 0 Å². The van der Waals surface area contributed by atoms with E-state index in [0.29, 0.717) is 19.4 Å². The molecule has 2 unspecified atom stereocenters. The number of ether oxygens (including phenoxy) is 1. The number of sulfonamides is 1. The van der Waals surface area contributed by atoms with Crippen LogP contribution in [0.15, 0.2) is 23.1 Å². The fourth-order valence-corrected chi connectivity index (χ4v) is 4.72. The lowest BCUT2D eigenvalue weighted by Crippen LogP contribution is -2.42. The number of aliphatic hydroxyl groups is 1. The summed E-state index contributed by atoms with van der Waals surface area (Å²) in [5.74, 6) is -0.885. The summed E-state index contributed by atoms with van der Waals surface area (Å²) in [6.07, 6.45) is -3.43. The second-order valence-electron chi connectivity index (χ2n) is 8.32. The number of benzene rings is 1. The van der Waals surface area contributed by atoms with Gasteiger partial charge in [0.2, 0.25) is 10.0 Å². The standard InChI is InChI=1S/C17H25F3N2O4S/c1-15(2)7-12(23)8-16(3,9-15)10-22-11-4-5-14(27(21,24)25)13(6-11)26-17(18,19)20/h4-6,12,22-23H,7-10H2,1-3H3,(H2,21,24,25). The Bertz CT molecular complexity index is 796. The summed E-state index contributed by atoms with van der Waals surface area (Å²) < 4.78 is 64.6. The van der Waals surface area contributed by atoms with Crippen LogP contribution in [0.25, 0.3) is 0 Å². The summed E-state index contributed by atoms with van der Waals surface area (Å²) in [6.45, 7) is 6.51. The summed E-state index contributed by atoms with van der Waals surface area (Å²) in [5.41, 5.74) is -0.0678. The van der Waals surface area contributed by atoms with Gasteiger partial charge in [-0.3, -0.25) is 0 Å². The zero-order chi connectivity index (χ0) is 20.7. The van der Waals surface area contributed by atoms with E-state index in [4.69, 9.17) is 5.14 Å². The fraction of sp³-hybridized carbons (Fsp3) is 0.647. The van der Waals surface area contributed by atoms with E-state index < -0.39 is 33.1 Å². The third kappa shape index (κ3) is 6.25. The maximum Gasteiger partial charge on any atom is 0.573 e. The summed E-state index contributed by atoms with van der Waals surface area (Å²) in [4.78, 5) is -0.745. The van der Waals surface area contributed by atoms with Gasteiger partial charge in [0.15, 0.2) is 5.75 Å². The predicted octanol–water partition coefficient (Wildman–Crippen LogP) is 3.22. The molecule has 0 amide bonds. The molecule has 1 aliphatic rings. The zero-order valence-electron chi connectivity index (χ0n) is 15.4. The van der Waals surface area contributed by atoms with Crippen LogP contribution in [0, 0.1) is 10.8 Å². The summed E-state index contributed by atoms with van der Waals surface area (Å²) in [7, 11) is -4.38. The van der Waals surface area contributed by atoms with E-state index in [1.807, 2.05) is 6.92 Å². The minimum atomic E-state index is -5.05. The number of primary sulfonamides is 1. The van der Waals surface area contributed by atoms with Gasteiger partial charge in [-0.05, 0) is 42.2 Å². The Balaban J connectivity index is 2.23. The number of hydrogen-bond donors (Lipinski definition) is 3. The van der Waals surface area contributed by atoms with Crippen molar-refractivity contribution in [3.05, 3.63) is 18.2 Å². The second kappa shape index (κ2) is 7.14. The molecule has 2 rings (SSSR count). The van der Waals surface area contributed by atoms with Crippen LogP contribution in [0.5, 0.6) is 5.75 Å². The van der Waals surface area contributed by atoms with Gasteiger partial charge in [-0.2, -0.15) is 0 Å². The van der Waals surface area contributed by atoms with E-state index in [1.165, 1.54) is 6.07 Å². The molecule has 1 aliphatic carbocycles. The van der Waals surface area contributed by atoms with Crippen molar-refractivity contribution in [2.45, 2.75) is 57.4 Å². The van der Waals surface area contributed by atoms with Crippen LogP contribution in [0.2, 0.25) is 0 Å². The van der Waals surface area contributed by atoms with Crippen molar-refractivity contribution in [2.24, 2.45) is 16.0 Å². The van der Waals surface area contributed by atoms with E-state index in [-0.39, 0.29) is 16.5 Å². The van der Waals surface area contributed by atoms with Crippen LogP contribution < -0.4 is 15.2 Å². The van der Waals surface area contributed by atoms with E-state index >= 15 is 0 Å². The third-order valence-corrected chi connectivity index (χ3v) is 5.57. The molecular formula is C17H25F3N2O4S. The van der Waals surface area contributed by atoms with E-state index in [0.717, 1.165) is 18.6 Å². The minimum absolute atomic E-state index is 0.0594. The van der Waals surface area contributed by atoms with Gasteiger partial charge < -0.3 is 15.2 Å². The first-order valence-electron chi connectivity index (χ1n) is 8.43. The molecule has 27 heavy (non-hydrogen) atoms. The monoisotopic (exact) mass is 410 g/mol. The molecule has 10 heteroatoms. The van der Waals surface area contributed by atoms with Crippen molar-refractivity contribution in [3.8, 4) is 5.75 Å². The Morgan fingerprint density at radius 2 is 1.93 bits per heavy atom. The van der Waals surface area contributed by atoms with Crippen molar-refractivity contribution < 1.29 is 31.4 Å². The number of alkyl halides is 3. The van der Waals surface area contributed by atoms with Gasteiger partial charge in [0, 0.05) is 18.3 Å². The van der Waals surface area contributed by atoms with Crippen molar-refractivity contribution in [3.63, 3.8) is 0 Å². The molecule has 1 aromatic carbocycles. The van der Waals surface area contributed by atoms with Crippen molar-refractivity contribution >= 4 is 15.7 Å². The molecule has 154 valence electrons. The quantitative estimate of drug-likeness (QED) is 0.692. The zero-order valence-corrected chi connectivity index (χ0v) is 16.2. The molecule has 6 nitrogen and oxygen atoms in total. The Morgan fingerprint density at radius 1 is 1.30 bits per heavy atom. The Hall–Kier alpha value is -1.52. The number of nitrogens with two attached hydrogens (primary N) is 1. The molecule has 0 bridgehead atoms.